The second kappa shape index (κ2) is 4.83. The molecule has 1 rings (SSSR count). The van der Waals surface area contributed by atoms with Crippen LogP contribution < -0.4 is 5.73 Å². The molecule has 0 aliphatic carbocycles. The maximum absolute atomic E-state index is 5.97. The van der Waals surface area contributed by atoms with E-state index in [0.29, 0.717) is 6.04 Å². The lowest BCUT2D eigenvalue weighted by atomic mass is 10.1. The first-order valence-electron chi connectivity index (χ1n) is 5.20. The monoisotopic (exact) mass is 170 g/mol. The van der Waals surface area contributed by atoms with Gasteiger partial charge in [-0.05, 0) is 25.3 Å². The summed E-state index contributed by atoms with van der Waals surface area (Å²) in [5, 5.41) is 0. The Bertz CT molecular complexity index is 125. The Kier molecular flexibility index (Phi) is 4.02. The quantitative estimate of drug-likeness (QED) is 0.692. The van der Waals surface area contributed by atoms with Crippen LogP contribution in [0.4, 0.5) is 0 Å². The minimum Gasteiger partial charge on any atom is -0.327 e. The number of rotatable bonds is 4. The number of hydrogen-bond acceptors (Lipinski definition) is 2. The maximum atomic E-state index is 5.97. The molecule has 0 aromatic rings. The average Bonchev–Trinajstić information content (AvgIpc) is 2.36. The summed E-state index contributed by atoms with van der Waals surface area (Å²) in [5.74, 6) is 0.888. The zero-order chi connectivity index (χ0) is 8.97. The standard InChI is InChI=1S/C10H22N2/c1-3-4-10(11)8-12-6-5-9(2)7-12/h9-10H,3-8,11H2,1-2H3. The fourth-order valence-electron chi connectivity index (χ4n) is 1.99. The van der Waals surface area contributed by atoms with Gasteiger partial charge >= 0.3 is 0 Å². The van der Waals surface area contributed by atoms with Crippen molar-refractivity contribution in [1.29, 1.82) is 0 Å². The van der Waals surface area contributed by atoms with Crippen LogP contribution in [0.2, 0.25) is 0 Å². The molecule has 2 nitrogen and oxygen atoms in total. The molecule has 0 aromatic carbocycles. The van der Waals surface area contributed by atoms with Crippen molar-refractivity contribution < 1.29 is 0 Å². The van der Waals surface area contributed by atoms with Crippen LogP contribution in [0.25, 0.3) is 0 Å². The summed E-state index contributed by atoms with van der Waals surface area (Å²) in [5.41, 5.74) is 5.97. The Labute approximate surface area is 76.1 Å². The highest BCUT2D eigenvalue weighted by Gasteiger charge is 2.19. The van der Waals surface area contributed by atoms with Crippen LogP contribution >= 0.6 is 0 Å². The van der Waals surface area contributed by atoms with Crippen LogP contribution in [-0.2, 0) is 0 Å². The number of nitrogens with zero attached hydrogens (tertiary/aromatic N) is 1. The van der Waals surface area contributed by atoms with Gasteiger partial charge in [0.2, 0.25) is 0 Å². The van der Waals surface area contributed by atoms with Crippen LogP contribution in [0.15, 0.2) is 0 Å². The van der Waals surface area contributed by atoms with Crippen LogP contribution in [0, 0.1) is 5.92 Å². The fraction of sp³-hybridized carbons (Fsp3) is 1.00. The van der Waals surface area contributed by atoms with Crippen molar-refractivity contribution in [2.24, 2.45) is 11.7 Å². The molecule has 2 unspecified atom stereocenters. The van der Waals surface area contributed by atoms with E-state index in [-0.39, 0.29) is 0 Å². The largest absolute Gasteiger partial charge is 0.327 e. The molecular weight excluding hydrogens is 148 g/mol. The van der Waals surface area contributed by atoms with E-state index < -0.39 is 0 Å². The number of nitrogens with two attached hydrogens (primary N) is 1. The molecule has 1 saturated heterocycles. The molecule has 0 radical (unpaired) electrons. The topological polar surface area (TPSA) is 29.3 Å². The third-order valence-corrected chi connectivity index (χ3v) is 2.66. The highest BCUT2D eigenvalue weighted by molar-refractivity contribution is 4.76. The zero-order valence-electron chi connectivity index (χ0n) is 8.42. The van der Waals surface area contributed by atoms with Crippen molar-refractivity contribution >= 4 is 0 Å². The van der Waals surface area contributed by atoms with Crippen molar-refractivity contribution in [3.8, 4) is 0 Å². The van der Waals surface area contributed by atoms with Gasteiger partial charge in [-0.3, -0.25) is 0 Å². The van der Waals surface area contributed by atoms with Gasteiger partial charge in [0.25, 0.3) is 0 Å². The van der Waals surface area contributed by atoms with Crippen molar-refractivity contribution in [3.05, 3.63) is 0 Å². The van der Waals surface area contributed by atoms with Gasteiger partial charge in [-0.15, -0.1) is 0 Å². The van der Waals surface area contributed by atoms with Gasteiger partial charge in [0.15, 0.2) is 0 Å². The molecule has 12 heavy (non-hydrogen) atoms. The summed E-state index contributed by atoms with van der Waals surface area (Å²) >= 11 is 0. The molecule has 1 aliphatic rings. The lowest BCUT2D eigenvalue weighted by molar-refractivity contribution is 0.298. The van der Waals surface area contributed by atoms with Gasteiger partial charge < -0.3 is 10.6 Å². The molecule has 72 valence electrons. The molecule has 0 spiro atoms. The van der Waals surface area contributed by atoms with Crippen molar-refractivity contribution in [3.63, 3.8) is 0 Å². The number of likely N-dealkylation sites (tertiary alicyclic amines) is 1. The van der Waals surface area contributed by atoms with Gasteiger partial charge in [0.05, 0.1) is 0 Å². The predicted octanol–water partition coefficient (Wildman–Crippen LogP) is 1.46. The maximum Gasteiger partial charge on any atom is 0.0167 e. The van der Waals surface area contributed by atoms with Crippen LogP contribution in [0.5, 0.6) is 0 Å². The summed E-state index contributed by atoms with van der Waals surface area (Å²) < 4.78 is 0. The van der Waals surface area contributed by atoms with E-state index in [2.05, 4.69) is 18.7 Å². The van der Waals surface area contributed by atoms with Crippen molar-refractivity contribution in [1.82, 2.24) is 4.90 Å². The number of hydrogen-bond donors (Lipinski definition) is 1. The molecule has 0 bridgehead atoms. The average molecular weight is 170 g/mol. The van der Waals surface area contributed by atoms with Gasteiger partial charge in [0, 0.05) is 19.1 Å². The molecule has 2 N–H and O–H groups in total. The highest BCUT2D eigenvalue weighted by atomic mass is 15.2. The Balaban J connectivity index is 2.14. The van der Waals surface area contributed by atoms with Crippen molar-refractivity contribution in [2.45, 2.75) is 39.2 Å². The Hall–Kier alpha value is -0.0800. The molecule has 0 amide bonds. The fourth-order valence-corrected chi connectivity index (χ4v) is 1.99. The summed E-state index contributed by atoms with van der Waals surface area (Å²) in [6.07, 6.45) is 3.74. The minimum atomic E-state index is 0.403. The molecule has 1 heterocycles. The Morgan fingerprint density at radius 1 is 1.58 bits per heavy atom. The van der Waals surface area contributed by atoms with E-state index in [4.69, 9.17) is 5.73 Å². The molecule has 1 fully saturated rings. The van der Waals surface area contributed by atoms with Crippen LogP contribution in [-0.4, -0.2) is 30.6 Å². The third-order valence-electron chi connectivity index (χ3n) is 2.66. The minimum absolute atomic E-state index is 0.403. The molecule has 1 aliphatic heterocycles. The predicted molar refractivity (Wildman–Crippen MR) is 53.1 cm³/mol. The Morgan fingerprint density at radius 3 is 2.83 bits per heavy atom. The van der Waals surface area contributed by atoms with E-state index in [1.807, 2.05) is 0 Å². The van der Waals surface area contributed by atoms with E-state index >= 15 is 0 Å². The van der Waals surface area contributed by atoms with Gasteiger partial charge in [-0.1, -0.05) is 20.3 Å². The lowest BCUT2D eigenvalue weighted by Gasteiger charge is -2.19. The summed E-state index contributed by atoms with van der Waals surface area (Å²) in [6.45, 7) is 8.16. The van der Waals surface area contributed by atoms with E-state index in [1.165, 1.54) is 32.4 Å². The highest BCUT2D eigenvalue weighted by Crippen LogP contribution is 2.15. The first kappa shape index (κ1) is 10.0. The Morgan fingerprint density at radius 2 is 2.33 bits per heavy atom. The molecule has 0 aromatic heterocycles. The van der Waals surface area contributed by atoms with Crippen LogP contribution in [0.3, 0.4) is 0 Å². The first-order chi connectivity index (χ1) is 5.72. The van der Waals surface area contributed by atoms with Gasteiger partial charge in [0.1, 0.15) is 0 Å². The summed E-state index contributed by atoms with van der Waals surface area (Å²) in [4.78, 5) is 2.50. The van der Waals surface area contributed by atoms with Crippen molar-refractivity contribution in [2.75, 3.05) is 19.6 Å². The second-order valence-electron chi connectivity index (χ2n) is 4.20. The van der Waals surface area contributed by atoms with Gasteiger partial charge in [-0.25, -0.2) is 0 Å². The third kappa shape index (κ3) is 3.11. The van der Waals surface area contributed by atoms with E-state index in [9.17, 15) is 0 Å². The second-order valence-corrected chi connectivity index (χ2v) is 4.20. The summed E-state index contributed by atoms with van der Waals surface area (Å²) in [6, 6.07) is 0.403. The smallest absolute Gasteiger partial charge is 0.0167 e. The first-order valence-corrected chi connectivity index (χ1v) is 5.20. The summed E-state index contributed by atoms with van der Waals surface area (Å²) in [7, 11) is 0. The molecule has 2 heteroatoms. The molecule has 2 atom stereocenters. The van der Waals surface area contributed by atoms with Gasteiger partial charge in [-0.2, -0.15) is 0 Å². The molecule has 0 saturated carbocycles. The lowest BCUT2D eigenvalue weighted by Crippen LogP contribution is -2.36. The zero-order valence-corrected chi connectivity index (χ0v) is 8.42. The molecular formula is C10H22N2. The van der Waals surface area contributed by atoms with E-state index in [0.717, 1.165) is 12.5 Å². The normalized spacial score (nSPS) is 27.8. The van der Waals surface area contributed by atoms with Crippen LogP contribution in [0.1, 0.15) is 33.1 Å². The van der Waals surface area contributed by atoms with E-state index in [1.54, 1.807) is 0 Å². The SMILES string of the molecule is CCCC(N)CN1CCC(C)C1.